The van der Waals surface area contributed by atoms with Gasteiger partial charge in [-0.3, -0.25) is 14.6 Å². The zero-order valence-electron chi connectivity index (χ0n) is 15.3. The van der Waals surface area contributed by atoms with Gasteiger partial charge in [0.05, 0.1) is 23.5 Å². The molecule has 28 heavy (non-hydrogen) atoms. The molecule has 0 atom stereocenters. The number of benzene rings is 2. The van der Waals surface area contributed by atoms with Crippen molar-refractivity contribution in [3.8, 4) is 22.8 Å². The first-order valence-electron chi connectivity index (χ1n) is 8.61. The number of carboxylic acid groups (broad SMARTS) is 1. The minimum Gasteiger partial charge on any atom is -0.507 e. The average molecular weight is 381 g/mol. The maximum Gasteiger partial charge on any atom is 0.322 e. The number of amides is 1. The highest BCUT2D eigenvalue weighted by Crippen LogP contribution is 2.28. The van der Waals surface area contributed by atoms with Crippen LogP contribution in [0.3, 0.4) is 0 Å². The highest BCUT2D eigenvalue weighted by Gasteiger charge is 2.18. The van der Waals surface area contributed by atoms with Crippen LogP contribution in [-0.2, 0) is 4.79 Å². The van der Waals surface area contributed by atoms with Gasteiger partial charge in [-0.1, -0.05) is 12.1 Å². The molecule has 144 valence electrons. The van der Waals surface area contributed by atoms with Crippen molar-refractivity contribution in [2.24, 2.45) is 0 Å². The van der Waals surface area contributed by atoms with Crippen LogP contribution in [0.15, 0.2) is 42.6 Å². The standard InChI is InChI=1S/C20H19N3O5/c1-11(2)28-13-5-3-4-12(8-13)15-9-21-19-14(23-15)6-7-16(24)18(19)20(27)22-10-17(25)26/h3-9,11,24H,10H2,1-2H3,(H,22,27)(H,25,26). The molecule has 3 N–H and O–H groups in total. The third-order valence-corrected chi connectivity index (χ3v) is 3.82. The van der Waals surface area contributed by atoms with E-state index in [1.54, 1.807) is 6.07 Å². The summed E-state index contributed by atoms with van der Waals surface area (Å²) in [6, 6.07) is 10.3. The van der Waals surface area contributed by atoms with E-state index in [1.165, 1.54) is 12.3 Å². The van der Waals surface area contributed by atoms with E-state index in [-0.39, 0.29) is 22.9 Å². The van der Waals surface area contributed by atoms with Crippen LogP contribution in [0.25, 0.3) is 22.3 Å². The molecule has 1 amide bonds. The first-order chi connectivity index (χ1) is 13.3. The van der Waals surface area contributed by atoms with Crippen LogP contribution in [0.1, 0.15) is 24.2 Å². The minimum atomic E-state index is -1.19. The number of aromatic hydroxyl groups is 1. The van der Waals surface area contributed by atoms with Crippen molar-refractivity contribution in [1.82, 2.24) is 15.3 Å². The Labute approximate surface area is 160 Å². The molecule has 0 aliphatic rings. The number of rotatable bonds is 6. The highest BCUT2D eigenvalue weighted by molar-refractivity contribution is 6.08. The van der Waals surface area contributed by atoms with Gasteiger partial charge in [0.25, 0.3) is 5.91 Å². The van der Waals surface area contributed by atoms with Crippen molar-refractivity contribution < 1.29 is 24.5 Å². The topological polar surface area (TPSA) is 122 Å². The number of nitrogens with zero attached hydrogens (tertiary/aromatic N) is 2. The van der Waals surface area contributed by atoms with Gasteiger partial charge in [0, 0.05) is 5.56 Å². The molecule has 1 heterocycles. The van der Waals surface area contributed by atoms with Crippen LogP contribution in [0.4, 0.5) is 0 Å². The van der Waals surface area contributed by atoms with E-state index in [0.717, 1.165) is 5.56 Å². The second-order valence-electron chi connectivity index (χ2n) is 6.35. The fourth-order valence-electron chi connectivity index (χ4n) is 2.68. The predicted octanol–water partition coefficient (Wildman–Crippen LogP) is 2.60. The van der Waals surface area contributed by atoms with Crippen molar-refractivity contribution in [2.75, 3.05) is 6.54 Å². The number of carboxylic acids is 1. The van der Waals surface area contributed by atoms with E-state index in [1.807, 2.05) is 38.1 Å². The Kier molecular flexibility index (Phi) is 5.39. The van der Waals surface area contributed by atoms with Crippen molar-refractivity contribution >= 4 is 22.9 Å². The molecule has 2 aromatic carbocycles. The number of carbonyl (C=O) groups excluding carboxylic acids is 1. The second-order valence-corrected chi connectivity index (χ2v) is 6.35. The van der Waals surface area contributed by atoms with Crippen LogP contribution in [0.5, 0.6) is 11.5 Å². The zero-order valence-corrected chi connectivity index (χ0v) is 15.3. The van der Waals surface area contributed by atoms with Gasteiger partial charge in [0.15, 0.2) is 0 Å². The highest BCUT2D eigenvalue weighted by atomic mass is 16.5. The van der Waals surface area contributed by atoms with E-state index in [4.69, 9.17) is 9.84 Å². The lowest BCUT2D eigenvalue weighted by Gasteiger charge is -2.11. The fourth-order valence-corrected chi connectivity index (χ4v) is 2.68. The summed E-state index contributed by atoms with van der Waals surface area (Å²) in [4.78, 5) is 31.7. The Balaban J connectivity index is 2.00. The first kappa shape index (κ1) is 19.1. The summed E-state index contributed by atoms with van der Waals surface area (Å²) < 4.78 is 5.69. The molecule has 3 aromatic rings. The minimum absolute atomic E-state index is 0.0350. The zero-order chi connectivity index (χ0) is 20.3. The Morgan fingerprint density at radius 3 is 2.71 bits per heavy atom. The largest absolute Gasteiger partial charge is 0.507 e. The molecular weight excluding hydrogens is 362 g/mol. The molecule has 8 nitrogen and oxygen atoms in total. The Morgan fingerprint density at radius 2 is 2.00 bits per heavy atom. The Morgan fingerprint density at radius 1 is 1.21 bits per heavy atom. The van der Waals surface area contributed by atoms with E-state index < -0.39 is 18.4 Å². The van der Waals surface area contributed by atoms with Gasteiger partial charge < -0.3 is 20.3 Å². The Bertz CT molecular complexity index is 1050. The SMILES string of the molecule is CC(C)Oc1cccc(-c2cnc3c(C(=O)NCC(=O)O)c(O)ccc3n2)c1. The molecule has 0 unspecified atom stereocenters. The second kappa shape index (κ2) is 7.91. The molecule has 0 bridgehead atoms. The van der Waals surface area contributed by atoms with Crippen LogP contribution < -0.4 is 10.1 Å². The summed E-state index contributed by atoms with van der Waals surface area (Å²) in [6.07, 6.45) is 1.53. The fraction of sp³-hybridized carbons (Fsp3) is 0.200. The van der Waals surface area contributed by atoms with Crippen molar-refractivity contribution in [2.45, 2.75) is 20.0 Å². The van der Waals surface area contributed by atoms with Gasteiger partial charge in [0.2, 0.25) is 0 Å². The summed E-state index contributed by atoms with van der Waals surface area (Å²) >= 11 is 0. The molecule has 0 saturated carbocycles. The molecule has 0 fully saturated rings. The van der Waals surface area contributed by atoms with E-state index in [9.17, 15) is 14.7 Å². The van der Waals surface area contributed by atoms with Crippen molar-refractivity contribution in [3.05, 3.63) is 48.2 Å². The number of phenolic OH excluding ortho intramolecular Hbond substituents is 1. The van der Waals surface area contributed by atoms with E-state index in [2.05, 4.69) is 15.3 Å². The molecule has 8 heteroatoms. The van der Waals surface area contributed by atoms with Gasteiger partial charge in [0.1, 0.15) is 29.1 Å². The van der Waals surface area contributed by atoms with Crippen molar-refractivity contribution in [1.29, 1.82) is 0 Å². The summed E-state index contributed by atoms with van der Waals surface area (Å²) in [7, 11) is 0. The smallest absolute Gasteiger partial charge is 0.322 e. The van der Waals surface area contributed by atoms with Gasteiger partial charge in [-0.15, -0.1) is 0 Å². The van der Waals surface area contributed by atoms with Crippen LogP contribution in [0, 0.1) is 0 Å². The van der Waals surface area contributed by atoms with Crippen molar-refractivity contribution in [3.63, 3.8) is 0 Å². The number of ether oxygens (including phenoxy) is 1. The number of carbonyl (C=O) groups is 2. The summed E-state index contributed by atoms with van der Waals surface area (Å²) in [5.41, 5.74) is 1.82. The summed E-state index contributed by atoms with van der Waals surface area (Å²) in [5.74, 6) is -1.52. The van der Waals surface area contributed by atoms with Crippen LogP contribution in [-0.4, -0.2) is 44.7 Å². The number of fused-ring (bicyclic) bond motifs is 1. The van der Waals surface area contributed by atoms with Crippen LogP contribution >= 0.6 is 0 Å². The van der Waals surface area contributed by atoms with Gasteiger partial charge in [-0.25, -0.2) is 4.98 Å². The number of hydrogen-bond acceptors (Lipinski definition) is 6. The van der Waals surface area contributed by atoms with Crippen LogP contribution in [0.2, 0.25) is 0 Å². The third-order valence-electron chi connectivity index (χ3n) is 3.82. The van der Waals surface area contributed by atoms with E-state index in [0.29, 0.717) is 17.0 Å². The number of phenols is 1. The monoisotopic (exact) mass is 381 g/mol. The van der Waals surface area contributed by atoms with Gasteiger partial charge in [-0.2, -0.15) is 0 Å². The predicted molar refractivity (Wildman–Crippen MR) is 102 cm³/mol. The summed E-state index contributed by atoms with van der Waals surface area (Å²) in [5, 5.41) is 21.0. The quantitative estimate of drug-likeness (QED) is 0.600. The molecule has 0 aliphatic carbocycles. The number of nitrogens with one attached hydrogen (secondary N) is 1. The molecule has 0 aliphatic heterocycles. The van der Waals surface area contributed by atoms with E-state index >= 15 is 0 Å². The first-order valence-corrected chi connectivity index (χ1v) is 8.61. The molecule has 3 rings (SSSR count). The molecule has 1 aromatic heterocycles. The molecule has 0 spiro atoms. The van der Waals surface area contributed by atoms with Gasteiger partial charge >= 0.3 is 5.97 Å². The molecular formula is C20H19N3O5. The lowest BCUT2D eigenvalue weighted by Crippen LogP contribution is -2.29. The lowest BCUT2D eigenvalue weighted by molar-refractivity contribution is -0.135. The average Bonchev–Trinajstić information content (AvgIpc) is 2.65. The Hall–Kier alpha value is -3.68. The van der Waals surface area contributed by atoms with Gasteiger partial charge in [-0.05, 0) is 38.1 Å². The molecule has 0 radical (unpaired) electrons. The molecule has 0 saturated heterocycles. The number of aromatic nitrogens is 2. The maximum absolute atomic E-state index is 12.3. The lowest BCUT2D eigenvalue weighted by atomic mass is 10.1. The maximum atomic E-state index is 12.3. The number of aliphatic carboxylic acids is 1. The normalized spacial score (nSPS) is 10.8. The summed E-state index contributed by atoms with van der Waals surface area (Å²) in [6.45, 7) is 3.31. The number of hydrogen-bond donors (Lipinski definition) is 3. The third kappa shape index (κ3) is 4.17.